The zero-order valence-electron chi connectivity index (χ0n) is 12.0. The highest BCUT2D eigenvalue weighted by molar-refractivity contribution is 7.99. The maximum absolute atomic E-state index is 2.27. The molecule has 1 heterocycles. The van der Waals surface area contributed by atoms with Gasteiger partial charge in [0, 0.05) is 10.6 Å². The maximum atomic E-state index is 2.27. The fraction of sp³-hybridized carbons (Fsp3) is 0.438. The van der Waals surface area contributed by atoms with E-state index in [-0.39, 0.29) is 5.54 Å². The molecule has 1 aromatic heterocycles. The number of hydrogen-bond acceptors (Lipinski definition) is 1. The van der Waals surface area contributed by atoms with E-state index < -0.39 is 0 Å². The Labute approximate surface area is 120 Å². The molecule has 0 aliphatic heterocycles. The summed E-state index contributed by atoms with van der Waals surface area (Å²) in [6.45, 7) is 7.76. The molecule has 19 heavy (non-hydrogen) atoms. The summed E-state index contributed by atoms with van der Waals surface area (Å²) < 4.78 is 4.54. The van der Waals surface area contributed by atoms with Crippen molar-refractivity contribution < 1.29 is 4.57 Å². The van der Waals surface area contributed by atoms with Crippen molar-refractivity contribution in [3.8, 4) is 0 Å². The van der Waals surface area contributed by atoms with Crippen LogP contribution in [-0.2, 0) is 12.1 Å². The second-order valence-corrected chi connectivity index (χ2v) is 6.91. The molecule has 0 unspecified atom stereocenters. The fourth-order valence-electron chi connectivity index (χ4n) is 1.88. The summed E-state index contributed by atoms with van der Waals surface area (Å²) in [5.41, 5.74) is 0.171. The van der Waals surface area contributed by atoms with Crippen LogP contribution in [-0.4, -0.2) is 10.3 Å². The third-order valence-electron chi connectivity index (χ3n) is 3.04. The second kappa shape index (κ2) is 6.29. The van der Waals surface area contributed by atoms with Gasteiger partial charge in [0.1, 0.15) is 17.9 Å². The molecule has 2 nitrogen and oxygen atoms in total. The van der Waals surface area contributed by atoms with Gasteiger partial charge in [0.05, 0.1) is 6.54 Å². The summed E-state index contributed by atoms with van der Waals surface area (Å²) in [4.78, 5) is 1.36. The molecule has 0 radical (unpaired) electrons. The smallest absolute Gasteiger partial charge is 0.237 e. The Kier molecular flexibility index (Phi) is 4.70. The molecule has 1 aromatic carbocycles. The van der Waals surface area contributed by atoms with Gasteiger partial charge in [-0.1, -0.05) is 18.2 Å². The molecule has 0 aliphatic rings. The van der Waals surface area contributed by atoms with Crippen LogP contribution in [0.1, 0.15) is 27.2 Å². The van der Waals surface area contributed by atoms with Crippen LogP contribution >= 0.6 is 11.8 Å². The van der Waals surface area contributed by atoms with Gasteiger partial charge in [-0.25, -0.2) is 9.13 Å². The molecule has 0 aliphatic carbocycles. The number of thioether (sulfide) groups is 1. The average Bonchev–Trinajstić information content (AvgIpc) is 2.85. The number of benzene rings is 1. The molecule has 0 saturated carbocycles. The van der Waals surface area contributed by atoms with Gasteiger partial charge in [-0.2, -0.15) is 0 Å². The second-order valence-electron chi connectivity index (χ2n) is 5.74. The van der Waals surface area contributed by atoms with Gasteiger partial charge < -0.3 is 0 Å². The standard InChI is InChI=1S/C16H23N2S/c1-16(2,3)18-12-11-17(14-18)10-7-13-19-15-8-5-4-6-9-15/h4-6,8-9,11-12,14H,7,10,13H2,1-3H3/q+1. The Hall–Kier alpha value is -1.22. The van der Waals surface area contributed by atoms with Crippen molar-refractivity contribution in [2.45, 2.75) is 44.2 Å². The van der Waals surface area contributed by atoms with Crippen molar-refractivity contribution in [2.24, 2.45) is 0 Å². The largest absolute Gasteiger partial charge is 0.244 e. The van der Waals surface area contributed by atoms with E-state index in [1.165, 1.54) is 11.3 Å². The molecule has 0 atom stereocenters. The zero-order valence-corrected chi connectivity index (χ0v) is 12.9. The van der Waals surface area contributed by atoms with Crippen molar-refractivity contribution in [1.82, 2.24) is 4.57 Å². The number of rotatable bonds is 5. The molecule has 2 aromatic rings. The molecule has 0 fully saturated rings. The lowest BCUT2D eigenvalue weighted by molar-refractivity contribution is -0.696. The van der Waals surface area contributed by atoms with Crippen molar-refractivity contribution in [3.05, 3.63) is 49.1 Å². The van der Waals surface area contributed by atoms with E-state index in [4.69, 9.17) is 0 Å². The minimum absolute atomic E-state index is 0.171. The van der Waals surface area contributed by atoms with E-state index in [0.717, 1.165) is 12.3 Å². The van der Waals surface area contributed by atoms with Crippen molar-refractivity contribution in [2.75, 3.05) is 5.75 Å². The first-order chi connectivity index (χ1) is 9.05. The van der Waals surface area contributed by atoms with Crippen LogP contribution in [0.2, 0.25) is 0 Å². The van der Waals surface area contributed by atoms with E-state index in [1.54, 1.807) is 0 Å². The lowest BCUT2D eigenvalue weighted by Crippen LogP contribution is -2.32. The van der Waals surface area contributed by atoms with Crippen LogP contribution in [0.5, 0.6) is 0 Å². The van der Waals surface area contributed by atoms with E-state index in [1.807, 2.05) is 11.8 Å². The monoisotopic (exact) mass is 275 g/mol. The van der Waals surface area contributed by atoms with Gasteiger partial charge in [-0.15, -0.1) is 11.8 Å². The van der Waals surface area contributed by atoms with E-state index >= 15 is 0 Å². The van der Waals surface area contributed by atoms with Crippen LogP contribution in [0.25, 0.3) is 0 Å². The molecular weight excluding hydrogens is 252 g/mol. The molecule has 0 N–H and O–H groups in total. The molecule has 2 rings (SSSR count). The third-order valence-corrected chi connectivity index (χ3v) is 4.14. The topological polar surface area (TPSA) is 8.81 Å². The zero-order chi connectivity index (χ0) is 13.7. The summed E-state index contributed by atoms with van der Waals surface area (Å²) >= 11 is 1.93. The Balaban J connectivity index is 1.76. The lowest BCUT2D eigenvalue weighted by atomic mass is 10.1. The molecule has 102 valence electrons. The minimum atomic E-state index is 0.171. The molecular formula is C16H23N2S+. The lowest BCUT2D eigenvalue weighted by Gasteiger charge is -2.13. The molecule has 0 amide bonds. The summed E-state index contributed by atoms with van der Waals surface area (Å²) in [5.74, 6) is 1.16. The average molecular weight is 275 g/mol. The third kappa shape index (κ3) is 4.43. The Morgan fingerprint density at radius 3 is 2.53 bits per heavy atom. The number of aryl methyl sites for hydroxylation is 1. The summed E-state index contributed by atoms with van der Waals surface area (Å²) in [6.07, 6.45) is 7.72. The SMILES string of the molecule is CC(C)(C)n1cc[n+](CCCSc2ccccc2)c1. The predicted octanol–water partition coefficient (Wildman–Crippen LogP) is 3.71. The Bertz CT molecular complexity index is 497. The number of nitrogens with zero attached hydrogens (tertiary/aromatic N) is 2. The van der Waals surface area contributed by atoms with E-state index in [0.29, 0.717) is 0 Å². The fourth-order valence-corrected chi connectivity index (χ4v) is 2.74. The Morgan fingerprint density at radius 2 is 1.89 bits per heavy atom. The quantitative estimate of drug-likeness (QED) is 0.459. The predicted molar refractivity (Wildman–Crippen MR) is 81.4 cm³/mol. The first-order valence-electron chi connectivity index (χ1n) is 6.81. The first-order valence-corrected chi connectivity index (χ1v) is 7.80. The van der Waals surface area contributed by atoms with Gasteiger partial charge in [0.15, 0.2) is 0 Å². The maximum Gasteiger partial charge on any atom is 0.244 e. The highest BCUT2D eigenvalue weighted by Gasteiger charge is 2.18. The van der Waals surface area contributed by atoms with E-state index in [9.17, 15) is 0 Å². The molecule has 0 saturated heterocycles. The van der Waals surface area contributed by atoms with Crippen molar-refractivity contribution >= 4 is 11.8 Å². The molecule has 0 spiro atoms. The van der Waals surface area contributed by atoms with Crippen molar-refractivity contribution in [3.63, 3.8) is 0 Å². The minimum Gasteiger partial charge on any atom is -0.237 e. The molecule has 3 heteroatoms. The first kappa shape index (κ1) is 14.2. The van der Waals surface area contributed by atoms with Crippen molar-refractivity contribution in [1.29, 1.82) is 0 Å². The van der Waals surface area contributed by atoms with Gasteiger partial charge in [0.2, 0.25) is 6.33 Å². The van der Waals surface area contributed by atoms with Crippen LogP contribution in [0.15, 0.2) is 53.9 Å². The molecule has 0 bridgehead atoms. The number of hydrogen-bond donors (Lipinski definition) is 0. The Morgan fingerprint density at radius 1 is 1.16 bits per heavy atom. The van der Waals surface area contributed by atoms with Gasteiger partial charge >= 0.3 is 0 Å². The van der Waals surface area contributed by atoms with Gasteiger partial charge in [-0.3, -0.25) is 0 Å². The van der Waals surface area contributed by atoms with Gasteiger partial charge in [-0.05, 0) is 39.3 Å². The van der Waals surface area contributed by atoms with Gasteiger partial charge in [0.25, 0.3) is 0 Å². The van der Waals surface area contributed by atoms with E-state index in [2.05, 4.69) is 79.0 Å². The highest BCUT2D eigenvalue weighted by atomic mass is 32.2. The summed E-state index contributed by atoms with van der Waals surface area (Å²) in [6, 6.07) is 10.6. The summed E-state index contributed by atoms with van der Waals surface area (Å²) in [7, 11) is 0. The number of aromatic nitrogens is 2. The van der Waals surface area contributed by atoms with Crippen LogP contribution in [0, 0.1) is 0 Å². The van der Waals surface area contributed by atoms with Crippen LogP contribution in [0.3, 0.4) is 0 Å². The van der Waals surface area contributed by atoms with Crippen LogP contribution in [0.4, 0.5) is 0 Å². The highest BCUT2D eigenvalue weighted by Crippen LogP contribution is 2.17. The number of imidazole rings is 1. The summed E-state index contributed by atoms with van der Waals surface area (Å²) in [5, 5.41) is 0. The normalized spacial score (nSPS) is 11.7. The van der Waals surface area contributed by atoms with Crippen LogP contribution < -0.4 is 4.57 Å².